The molecule has 8 heteroatoms. The summed E-state index contributed by atoms with van der Waals surface area (Å²) in [6.45, 7) is 2.55. The third-order valence-corrected chi connectivity index (χ3v) is 6.69. The zero-order valence-corrected chi connectivity index (χ0v) is 18.0. The van der Waals surface area contributed by atoms with E-state index in [9.17, 15) is 14.0 Å². The number of aryl methyl sites for hydroxylation is 1. The second-order valence-electron chi connectivity index (χ2n) is 6.84. The van der Waals surface area contributed by atoms with Gasteiger partial charge in [-0.25, -0.2) is 9.37 Å². The minimum atomic E-state index is -0.306. The number of para-hydroxylation sites is 1. The van der Waals surface area contributed by atoms with E-state index in [0.717, 1.165) is 26.8 Å². The van der Waals surface area contributed by atoms with Crippen LogP contribution in [0.25, 0.3) is 11.3 Å². The molecule has 5 nitrogen and oxygen atoms in total. The van der Waals surface area contributed by atoms with Gasteiger partial charge in [-0.2, -0.15) is 0 Å². The number of anilines is 2. The van der Waals surface area contributed by atoms with Crippen LogP contribution in [-0.2, 0) is 9.59 Å². The smallest absolute Gasteiger partial charge is 0.227 e. The van der Waals surface area contributed by atoms with E-state index in [-0.39, 0.29) is 30.5 Å². The fourth-order valence-corrected chi connectivity index (χ4v) is 5.14. The fraction of sp³-hybridized carbons (Fsp3) is 0.227. The number of thiazole rings is 1. The van der Waals surface area contributed by atoms with Gasteiger partial charge < -0.3 is 10.2 Å². The van der Waals surface area contributed by atoms with Gasteiger partial charge >= 0.3 is 0 Å². The van der Waals surface area contributed by atoms with E-state index < -0.39 is 0 Å². The summed E-state index contributed by atoms with van der Waals surface area (Å²) in [4.78, 5) is 33.3. The maximum Gasteiger partial charge on any atom is 0.227 e. The van der Waals surface area contributed by atoms with Crippen LogP contribution in [0.15, 0.2) is 53.4 Å². The molecule has 1 N–H and O–H groups in total. The van der Waals surface area contributed by atoms with Crippen molar-refractivity contribution in [1.82, 2.24) is 4.98 Å². The van der Waals surface area contributed by atoms with Crippen LogP contribution in [0.5, 0.6) is 0 Å². The van der Waals surface area contributed by atoms with Crippen LogP contribution in [0, 0.1) is 12.7 Å². The normalized spacial score (nSPS) is 13.1. The molecular formula is C22H20FN3O2S2. The Morgan fingerprint density at radius 2 is 1.90 bits per heavy atom. The second kappa shape index (κ2) is 8.97. The van der Waals surface area contributed by atoms with E-state index in [4.69, 9.17) is 0 Å². The number of carbonyl (C=O) groups is 2. The van der Waals surface area contributed by atoms with Crippen molar-refractivity contribution in [2.75, 3.05) is 22.5 Å². The van der Waals surface area contributed by atoms with Gasteiger partial charge in [0.2, 0.25) is 11.8 Å². The highest BCUT2D eigenvalue weighted by Crippen LogP contribution is 2.35. The molecule has 1 aliphatic heterocycles. The Balaban J connectivity index is 1.36. The van der Waals surface area contributed by atoms with Gasteiger partial charge in [-0.15, -0.1) is 23.1 Å². The van der Waals surface area contributed by atoms with E-state index in [1.54, 1.807) is 28.8 Å². The summed E-state index contributed by atoms with van der Waals surface area (Å²) in [5.74, 6) is 0.238. The van der Waals surface area contributed by atoms with Crippen molar-refractivity contribution in [3.8, 4) is 11.3 Å². The molecule has 0 bridgehead atoms. The highest BCUT2D eigenvalue weighted by molar-refractivity contribution is 7.99. The zero-order valence-electron chi connectivity index (χ0n) is 16.4. The number of nitrogens with zero attached hydrogens (tertiary/aromatic N) is 2. The molecule has 30 heavy (non-hydrogen) atoms. The van der Waals surface area contributed by atoms with E-state index >= 15 is 0 Å². The Bertz CT molecular complexity index is 1080. The van der Waals surface area contributed by atoms with Gasteiger partial charge in [-0.3, -0.25) is 9.59 Å². The predicted molar refractivity (Wildman–Crippen MR) is 120 cm³/mol. The first kappa shape index (κ1) is 20.6. The van der Waals surface area contributed by atoms with Crippen LogP contribution in [0.1, 0.15) is 17.7 Å². The van der Waals surface area contributed by atoms with E-state index in [1.165, 1.54) is 23.5 Å². The lowest BCUT2D eigenvalue weighted by molar-refractivity contribution is -0.122. The van der Waals surface area contributed by atoms with Crippen LogP contribution in [0.2, 0.25) is 0 Å². The van der Waals surface area contributed by atoms with Crippen molar-refractivity contribution in [2.24, 2.45) is 0 Å². The zero-order chi connectivity index (χ0) is 21.1. The molecule has 3 aromatic rings. The van der Waals surface area contributed by atoms with Gasteiger partial charge in [0.05, 0.1) is 11.4 Å². The molecule has 1 aliphatic rings. The van der Waals surface area contributed by atoms with Crippen LogP contribution < -0.4 is 10.2 Å². The minimum Gasteiger partial charge on any atom is -0.310 e. The summed E-state index contributed by atoms with van der Waals surface area (Å²) in [7, 11) is 0. The molecule has 0 unspecified atom stereocenters. The molecule has 0 radical (unpaired) electrons. The molecule has 0 spiro atoms. The Hall–Kier alpha value is -2.71. The number of benzene rings is 2. The summed E-state index contributed by atoms with van der Waals surface area (Å²) in [5, 5.41) is 3.26. The maximum absolute atomic E-state index is 13.1. The first-order valence-electron chi connectivity index (χ1n) is 9.56. The molecule has 0 atom stereocenters. The number of hydrogen-bond donors (Lipinski definition) is 1. The van der Waals surface area contributed by atoms with Crippen LogP contribution in [0.4, 0.5) is 15.2 Å². The fourth-order valence-electron chi connectivity index (χ4n) is 3.29. The Labute approximate surface area is 182 Å². The SMILES string of the molecule is Cc1sc(NC(=O)CCC(=O)N2CCSc3ccccc32)nc1-c1ccc(F)cc1. The number of amides is 2. The number of carbonyl (C=O) groups excluding carboxylic acids is 2. The topological polar surface area (TPSA) is 62.3 Å². The number of halogens is 1. The molecule has 0 saturated carbocycles. The van der Waals surface area contributed by atoms with E-state index in [0.29, 0.717) is 17.4 Å². The first-order valence-corrected chi connectivity index (χ1v) is 11.4. The van der Waals surface area contributed by atoms with Crippen molar-refractivity contribution in [1.29, 1.82) is 0 Å². The van der Waals surface area contributed by atoms with Gasteiger partial charge in [0.25, 0.3) is 0 Å². The van der Waals surface area contributed by atoms with Gasteiger partial charge in [0.1, 0.15) is 5.82 Å². The molecule has 0 aliphatic carbocycles. The van der Waals surface area contributed by atoms with Crippen molar-refractivity contribution in [2.45, 2.75) is 24.7 Å². The number of aromatic nitrogens is 1. The molecule has 1 aromatic heterocycles. The van der Waals surface area contributed by atoms with Crippen LogP contribution in [-0.4, -0.2) is 29.1 Å². The maximum atomic E-state index is 13.1. The molecule has 2 aromatic carbocycles. The Morgan fingerprint density at radius 3 is 2.70 bits per heavy atom. The average molecular weight is 442 g/mol. The monoisotopic (exact) mass is 441 g/mol. The molecule has 4 rings (SSSR count). The van der Waals surface area contributed by atoms with Gasteiger partial charge in [-0.05, 0) is 43.3 Å². The number of thioether (sulfide) groups is 1. The Kier molecular flexibility index (Phi) is 6.15. The second-order valence-corrected chi connectivity index (χ2v) is 9.18. The van der Waals surface area contributed by atoms with Gasteiger partial charge in [0.15, 0.2) is 5.13 Å². The molecular weight excluding hydrogens is 421 g/mol. The third-order valence-electron chi connectivity index (χ3n) is 4.76. The van der Waals surface area contributed by atoms with Crippen molar-refractivity contribution in [3.63, 3.8) is 0 Å². The van der Waals surface area contributed by atoms with E-state index in [2.05, 4.69) is 10.3 Å². The number of fused-ring (bicyclic) bond motifs is 1. The van der Waals surface area contributed by atoms with E-state index in [1.807, 2.05) is 31.2 Å². The van der Waals surface area contributed by atoms with Crippen LogP contribution >= 0.6 is 23.1 Å². The van der Waals surface area contributed by atoms with Crippen LogP contribution in [0.3, 0.4) is 0 Å². The number of nitrogens with one attached hydrogen (secondary N) is 1. The quantitative estimate of drug-likeness (QED) is 0.597. The lowest BCUT2D eigenvalue weighted by Gasteiger charge is -2.28. The first-order chi connectivity index (χ1) is 14.5. The Morgan fingerprint density at radius 1 is 1.13 bits per heavy atom. The van der Waals surface area contributed by atoms with Crippen molar-refractivity contribution in [3.05, 3.63) is 59.2 Å². The summed E-state index contributed by atoms with van der Waals surface area (Å²) in [6.07, 6.45) is 0.231. The predicted octanol–water partition coefficient (Wildman–Crippen LogP) is 5.12. The largest absolute Gasteiger partial charge is 0.310 e. The average Bonchev–Trinajstić information content (AvgIpc) is 3.12. The molecule has 0 fully saturated rings. The molecule has 154 valence electrons. The molecule has 0 saturated heterocycles. The standard InChI is InChI=1S/C22H20FN3O2S2/c1-14-21(15-6-8-16(23)9-7-15)25-22(30-14)24-19(27)10-11-20(28)26-12-13-29-18-5-3-2-4-17(18)26/h2-9H,10-13H2,1H3,(H,24,25,27). The molecule has 2 amide bonds. The lowest BCUT2D eigenvalue weighted by Crippen LogP contribution is -2.35. The van der Waals surface area contributed by atoms with Gasteiger partial charge in [0, 0.05) is 40.5 Å². The number of hydrogen-bond acceptors (Lipinski definition) is 5. The summed E-state index contributed by atoms with van der Waals surface area (Å²) >= 11 is 3.10. The summed E-state index contributed by atoms with van der Waals surface area (Å²) < 4.78 is 13.1. The van der Waals surface area contributed by atoms with Crippen molar-refractivity contribution >= 4 is 45.7 Å². The molecule has 2 heterocycles. The van der Waals surface area contributed by atoms with Gasteiger partial charge in [-0.1, -0.05) is 12.1 Å². The number of rotatable bonds is 5. The van der Waals surface area contributed by atoms with Crippen molar-refractivity contribution < 1.29 is 14.0 Å². The summed E-state index contributed by atoms with van der Waals surface area (Å²) in [6, 6.07) is 13.9. The highest BCUT2D eigenvalue weighted by Gasteiger charge is 2.23. The third kappa shape index (κ3) is 4.55. The minimum absolute atomic E-state index is 0.0554. The lowest BCUT2D eigenvalue weighted by atomic mass is 10.1. The highest BCUT2D eigenvalue weighted by atomic mass is 32.2. The summed E-state index contributed by atoms with van der Waals surface area (Å²) in [5.41, 5.74) is 2.43.